The van der Waals surface area contributed by atoms with Crippen LogP contribution in [0.2, 0.25) is 5.28 Å². The number of nitrogens with one attached hydrogen (secondary N) is 1. The van der Waals surface area contributed by atoms with Crippen molar-refractivity contribution in [3.63, 3.8) is 0 Å². The molecule has 0 aliphatic carbocycles. The Morgan fingerprint density at radius 3 is 2.79 bits per heavy atom. The molecule has 0 saturated heterocycles. The monoisotopic (exact) mass is 486 g/mol. The molecule has 0 fully saturated rings. The summed E-state index contributed by atoms with van der Waals surface area (Å²) in [5, 5.41) is 4.78. The molecule has 1 aliphatic rings. The highest BCUT2D eigenvalue weighted by molar-refractivity contribution is 6.28. The summed E-state index contributed by atoms with van der Waals surface area (Å²) in [5.74, 6) is 0.435. The van der Waals surface area contributed by atoms with Gasteiger partial charge in [0.25, 0.3) is 0 Å². The van der Waals surface area contributed by atoms with Gasteiger partial charge in [0.2, 0.25) is 5.28 Å². The largest absolute Gasteiger partial charge is 0.329 e. The normalized spacial score (nSPS) is 15.8. The lowest BCUT2D eigenvalue weighted by Gasteiger charge is -2.39. The first-order valence-electron chi connectivity index (χ1n) is 12.0. The van der Waals surface area contributed by atoms with E-state index >= 15 is 0 Å². The Bertz CT molecular complexity index is 1140. The number of aromatic amines is 1. The number of urea groups is 1. The van der Waals surface area contributed by atoms with Crippen molar-refractivity contribution in [3.05, 3.63) is 64.1 Å². The van der Waals surface area contributed by atoms with Gasteiger partial charge in [-0.1, -0.05) is 25.8 Å². The van der Waals surface area contributed by atoms with Gasteiger partial charge in [0.05, 0.1) is 24.5 Å². The van der Waals surface area contributed by atoms with Gasteiger partial charge in [0, 0.05) is 19.3 Å². The summed E-state index contributed by atoms with van der Waals surface area (Å²) < 4.78 is 15.2. The molecule has 9 heteroatoms. The van der Waals surface area contributed by atoms with Gasteiger partial charge in [-0.25, -0.2) is 9.18 Å². The number of carbonyl (C=O) groups is 1. The van der Waals surface area contributed by atoms with Crippen molar-refractivity contribution in [2.24, 2.45) is 0 Å². The number of fused-ring (bicyclic) bond motifs is 1. The highest BCUT2D eigenvalue weighted by Gasteiger charge is 2.37. The minimum Gasteiger partial charge on any atom is -0.329 e. The first kappa shape index (κ1) is 24.3. The van der Waals surface area contributed by atoms with Crippen LogP contribution >= 0.6 is 11.6 Å². The highest BCUT2D eigenvalue weighted by atomic mass is 35.5. The number of amides is 2. The molecule has 0 radical (unpaired) electrons. The third-order valence-corrected chi connectivity index (χ3v) is 6.65. The summed E-state index contributed by atoms with van der Waals surface area (Å²) >= 11 is 6.15. The molecule has 7 nitrogen and oxygen atoms in total. The van der Waals surface area contributed by atoms with Crippen molar-refractivity contribution < 1.29 is 9.18 Å². The van der Waals surface area contributed by atoms with Gasteiger partial charge in [-0.3, -0.25) is 9.58 Å². The molecule has 1 N–H and O–H groups in total. The smallest absolute Gasteiger partial charge is 0.326 e. The van der Waals surface area contributed by atoms with E-state index < -0.39 is 0 Å². The van der Waals surface area contributed by atoms with E-state index in [2.05, 4.69) is 22.0 Å². The Hall–Kier alpha value is -2.87. The molecule has 3 aromatic rings. The number of H-pyrrole nitrogens is 1. The number of rotatable bonds is 10. The van der Waals surface area contributed by atoms with E-state index in [1.54, 1.807) is 17.0 Å². The van der Waals surface area contributed by atoms with E-state index in [4.69, 9.17) is 11.6 Å². The number of aryl methyl sites for hydroxylation is 2. The zero-order chi connectivity index (χ0) is 24.2. The Balaban J connectivity index is 1.38. The SMILES string of the molecule is CCCCCN1C(=O)N(CCCc2cnn(Cc3ccc(F)cc3C)c2)C(C)c2[nH]c(Cl)nc21. The molecule has 34 heavy (non-hydrogen) atoms. The number of imidazole rings is 1. The number of aromatic nitrogens is 4. The number of nitrogens with zero attached hydrogens (tertiary/aromatic N) is 5. The molecule has 2 aromatic heterocycles. The van der Waals surface area contributed by atoms with Gasteiger partial charge in [-0.05, 0) is 73.5 Å². The van der Waals surface area contributed by atoms with Crippen LogP contribution in [0.4, 0.5) is 15.0 Å². The molecule has 1 unspecified atom stereocenters. The first-order chi connectivity index (χ1) is 16.4. The quantitative estimate of drug-likeness (QED) is 0.364. The van der Waals surface area contributed by atoms with Gasteiger partial charge >= 0.3 is 6.03 Å². The van der Waals surface area contributed by atoms with Gasteiger partial charge in [-0.15, -0.1) is 0 Å². The molecule has 1 atom stereocenters. The number of anilines is 1. The van der Waals surface area contributed by atoms with E-state index in [1.807, 2.05) is 35.8 Å². The Kier molecular flexibility index (Phi) is 7.56. The summed E-state index contributed by atoms with van der Waals surface area (Å²) in [4.78, 5) is 24.5. The molecular weight excluding hydrogens is 455 g/mol. The predicted molar refractivity (Wildman–Crippen MR) is 132 cm³/mol. The lowest BCUT2D eigenvalue weighted by atomic mass is 10.1. The maximum atomic E-state index is 13.4. The molecule has 4 rings (SSSR count). The molecule has 0 bridgehead atoms. The van der Waals surface area contributed by atoms with Crippen LogP contribution in [-0.2, 0) is 13.0 Å². The fraction of sp³-hybridized carbons (Fsp3) is 0.480. The second kappa shape index (κ2) is 10.6. The number of halogens is 2. The zero-order valence-corrected chi connectivity index (χ0v) is 20.8. The van der Waals surface area contributed by atoms with Gasteiger partial charge in [0.15, 0.2) is 5.82 Å². The fourth-order valence-electron chi connectivity index (χ4n) is 4.51. The number of hydrogen-bond donors (Lipinski definition) is 1. The van der Waals surface area contributed by atoms with Crippen molar-refractivity contribution in [2.45, 2.75) is 65.5 Å². The lowest BCUT2D eigenvalue weighted by molar-refractivity contribution is 0.178. The number of carbonyl (C=O) groups excluding carboxylic acids is 1. The van der Waals surface area contributed by atoms with Crippen LogP contribution in [0.5, 0.6) is 0 Å². The van der Waals surface area contributed by atoms with Crippen LogP contribution in [0.3, 0.4) is 0 Å². The average Bonchev–Trinajstić information content (AvgIpc) is 3.41. The maximum absolute atomic E-state index is 13.4. The van der Waals surface area contributed by atoms with Crippen LogP contribution in [0.25, 0.3) is 0 Å². The summed E-state index contributed by atoms with van der Waals surface area (Å²) in [7, 11) is 0. The Morgan fingerprint density at radius 1 is 1.21 bits per heavy atom. The standard InChI is InChI=1S/C25H32ClFN6O/c1-4-5-6-11-33-23-22(29-24(26)30-23)18(3)32(25(33)34)12-7-8-19-14-28-31(15-19)16-20-9-10-21(27)13-17(20)2/h9-10,13-15,18H,4-8,11-12,16H2,1-3H3,(H,29,30). The van der Waals surface area contributed by atoms with E-state index in [1.165, 1.54) is 6.07 Å². The zero-order valence-electron chi connectivity index (χ0n) is 20.0. The van der Waals surface area contributed by atoms with Crippen molar-refractivity contribution in [1.82, 2.24) is 24.6 Å². The minimum atomic E-state index is -0.225. The van der Waals surface area contributed by atoms with Gasteiger partial charge in [0.1, 0.15) is 5.82 Å². The van der Waals surface area contributed by atoms with E-state index in [0.29, 0.717) is 30.7 Å². The maximum Gasteiger partial charge on any atom is 0.326 e. The number of benzene rings is 1. The fourth-order valence-corrected chi connectivity index (χ4v) is 4.69. The molecule has 1 aromatic carbocycles. The average molecular weight is 487 g/mol. The van der Waals surface area contributed by atoms with Crippen LogP contribution in [0, 0.1) is 12.7 Å². The second-order valence-electron chi connectivity index (χ2n) is 9.00. The molecule has 3 heterocycles. The summed E-state index contributed by atoms with van der Waals surface area (Å²) in [6.45, 7) is 7.93. The topological polar surface area (TPSA) is 70.1 Å². The van der Waals surface area contributed by atoms with Crippen molar-refractivity contribution in [2.75, 3.05) is 18.0 Å². The molecule has 2 amide bonds. The van der Waals surface area contributed by atoms with Gasteiger partial charge < -0.3 is 9.88 Å². The number of unbranched alkanes of at least 4 members (excludes halogenated alkanes) is 2. The van der Waals surface area contributed by atoms with Crippen LogP contribution < -0.4 is 4.90 Å². The third-order valence-electron chi connectivity index (χ3n) is 6.47. The highest BCUT2D eigenvalue weighted by Crippen LogP contribution is 2.36. The Morgan fingerprint density at radius 2 is 2.03 bits per heavy atom. The minimum absolute atomic E-state index is 0.0123. The van der Waals surface area contributed by atoms with E-state index in [0.717, 1.165) is 54.5 Å². The van der Waals surface area contributed by atoms with Crippen molar-refractivity contribution in [3.8, 4) is 0 Å². The third kappa shape index (κ3) is 5.27. The van der Waals surface area contributed by atoms with Crippen molar-refractivity contribution >= 4 is 23.4 Å². The summed E-state index contributed by atoms with van der Waals surface area (Å²) in [5.41, 5.74) is 3.96. The van der Waals surface area contributed by atoms with Crippen LogP contribution in [0.1, 0.15) is 68.0 Å². The first-order valence-corrected chi connectivity index (χ1v) is 12.3. The van der Waals surface area contributed by atoms with Crippen LogP contribution in [-0.4, -0.2) is 43.8 Å². The lowest BCUT2D eigenvalue weighted by Crippen LogP contribution is -2.49. The molecular formula is C25H32ClFN6O. The van der Waals surface area contributed by atoms with E-state index in [9.17, 15) is 9.18 Å². The molecule has 1 aliphatic heterocycles. The number of hydrogen-bond acceptors (Lipinski definition) is 3. The van der Waals surface area contributed by atoms with Crippen LogP contribution in [0.15, 0.2) is 30.6 Å². The molecule has 0 spiro atoms. The summed E-state index contributed by atoms with van der Waals surface area (Å²) in [6, 6.07) is 4.70. The summed E-state index contributed by atoms with van der Waals surface area (Å²) in [6.07, 6.45) is 8.60. The predicted octanol–water partition coefficient (Wildman–Crippen LogP) is 5.88. The van der Waals surface area contributed by atoms with Gasteiger partial charge in [-0.2, -0.15) is 10.1 Å². The Labute approximate surface area is 204 Å². The molecule has 0 saturated carbocycles. The molecule has 182 valence electrons. The van der Waals surface area contributed by atoms with E-state index in [-0.39, 0.29) is 17.9 Å². The second-order valence-corrected chi connectivity index (χ2v) is 9.35. The van der Waals surface area contributed by atoms with Crippen molar-refractivity contribution in [1.29, 1.82) is 0 Å².